The third-order valence-electron chi connectivity index (χ3n) is 3.17. The summed E-state index contributed by atoms with van der Waals surface area (Å²) in [4.78, 5) is 12.3. The summed E-state index contributed by atoms with van der Waals surface area (Å²) in [6, 6.07) is 10.3. The van der Waals surface area contributed by atoms with Gasteiger partial charge in [-0.05, 0) is 55.3 Å². The van der Waals surface area contributed by atoms with Gasteiger partial charge in [-0.25, -0.2) is 0 Å². The third kappa shape index (κ3) is 3.92. The zero-order valence-electron chi connectivity index (χ0n) is 12.7. The van der Waals surface area contributed by atoms with Crippen molar-refractivity contribution in [2.45, 2.75) is 20.3 Å². The van der Waals surface area contributed by atoms with Gasteiger partial charge >= 0.3 is 0 Å². The van der Waals surface area contributed by atoms with Crippen LogP contribution in [0.4, 0.5) is 11.4 Å². The topological polar surface area (TPSA) is 64.3 Å². The average Bonchev–Trinajstić information content (AvgIpc) is 2.48. The summed E-state index contributed by atoms with van der Waals surface area (Å²) >= 11 is 5.91. The number of rotatable bonds is 5. The summed E-state index contributed by atoms with van der Waals surface area (Å²) in [5, 5.41) is 3.49. The Balaban J connectivity index is 2.14. The number of carbonyl (C=O) groups is 1. The molecular weight excluding hydrogens is 300 g/mol. The van der Waals surface area contributed by atoms with Gasteiger partial charge in [-0.1, -0.05) is 18.5 Å². The number of hydrogen-bond donors (Lipinski definition) is 2. The predicted molar refractivity (Wildman–Crippen MR) is 90.8 cm³/mol. The first-order valence-electron chi connectivity index (χ1n) is 7.11. The number of anilines is 2. The molecule has 0 heterocycles. The van der Waals surface area contributed by atoms with E-state index in [9.17, 15) is 4.79 Å². The Kier molecular flexibility index (Phi) is 5.28. The highest BCUT2D eigenvalue weighted by atomic mass is 35.5. The van der Waals surface area contributed by atoms with Crippen molar-refractivity contribution < 1.29 is 9.53 Å². The average molecular weight is 319 g/mol. The van der Waals surface area contributed by atoms with Gasteiger partial charge in [0.25, 0.3) is 5.91 Å². The predicted octanol–water partition coefficient (Wildman–Crippen LogP) is 4.27. The minimum absolute atomic E-state index is 0.223. The highest BCUT2D eigenvalue weighted by Gasteiger charge is 2.10. The van der Waals surface area contributed by atoms with Crippen LogP contribution in [-0.4, -0.2) is 12.5 Å². The molecule has 0 bridgehead atoms. The van der Waals surface area contributed by atoms with Crippen LogP contribution in [0.5, 0.6) is 5.75 Å². The molecule has 2 rings (SSSR count). The molecule has 0 unspecified atom stereocenters. The van der Waals surface area contributed by atoms with Crippen LogP contribution >= 0.6 is 11.6 Å². The Morgan fingerprint density at radius 1 is 1.27 bits per heavy atom. The first kappa shape index (κ1) is 16.2. The quantitative estimate of drug-likeness (QED) is 0.809. The lowest BCUT2D eigenvalue weighted by Crippen LogP contribution is -2.13. The summed E-state index contributed by atoms with van der Waals surface area (Å²) < 4.78 is 5.50. The van der Waals surface area contributed by atoms with Crippen LogP contribution in [0.1, 0.15) is 29.3 Å². The molecule has 0 aliphatic heterocycles. The first-order chi connectivity index (χ1) is 10.5. The van der Waals surface area contributed by atoms with E-state index in [0.717, 1.165) is 17.7 Å². The van der Waals surface area contributed by atoms with Crippen LogP contribution in [0.15, 0.2) is 36.4 Å². The summed E-state index contributed by atoms with van der Waals surface area (Å²) in [6.45, 7) is 4.50. The summed E-state index contributed by atoms with van der Waals surface area (Å²) in [6.07, 6.45) is 0.900. The van der Waals surface area contributed by atoms with Crippen molar-refractivity contribution in [3.63, 3.8) is 0 Å². The van der Waals surface area contributed by atoms with Gasteiger partial charge in [0.2, 0.25) is 0 Å². The van der Waals surface area contributed by atoms with E-state index in [0.29, 0.717) is 28.6 Å². The van der Waals surface area contributed by atoms with E-state index in [4.69, 9.17) is 22.1 Å². The third-order valence-corrected chi connectivity index (χ3v) is 3.41. The van der Waals surface area contributed by atoms with Crippen LogP contribution in [0.25, 0.3) is 0 Å². The molecule has 0 aliphatic rings. The highest BCUT2D eigenvalue weighted by molar-refractivity contribution is 6.30. The number of amides is 1. The van der Waals surface area contributed by atoms with Gasteiger partial charge in [-0.3, -0.25) is 4.79 Å². The Hall–Kier alpha value is -2.20. The van der Waals surface area contributed by atoms with Crippen LogP contribution < -0.4 is 15.8 Å². The molecule has 0 aromatic heterocycles. The number of halogens is 1. The summed E-state index contributed by atoms with van der Waals surface area (Å²) in [5.41, 5.74) is 8.48. The van der Waals surface area contributed by atoms with Crippen molar-refractivity contribution in [3.05, 3.63) is 52.5 Å². The lowest BCUT2D eigenvalue weighted by molar-refractivity contribution is 0.102. The fraction of sp³-hybridized carbons (Fsp3) is 0.235. The van der Waals surface area contributed by atoms with Gasteiger partial charge in [0.05, 0.1) is 12.3 Å². The number of hydrogen-bond acceptors (Lipinski definition) is 3. The van der Waals surface area contributed by atoms with Gasteiger partial charge in [0.1, 0.15) is 5.75 Å². The lowest BCUT2D eigenvalue weighted by atomic mass is 10.1. The van der Waals surface area contributed by atoms with Gasteiger partial charge in [-0.15, -0.1) is 0 Å². The standard InChI is InChI=1S/C17H19ClN2O2/c1-3-8-22-16-7-4-12(10-14(16)19)17(21)20-15-6-5-13(18)9-11(15)2/h4-7,9-10H,3,8,19H2,1-2H3,(H,20,21). The van der Waals surface area contributed by atoms with Crippen molar-refractivity contribution >= 4 is 28.9 Å². The number of nitrogens with two attached hydrogens (primary N) is 1. The van der Waals surface area contributed by atoms with Crippen LogP contribution in [-0.2, 0) is 0 Å². The number of aryl methyl sites for hydroxylation is 1. The summed E-state index contributed by atoms with van der Waals surface area (Å²) in [7, 11) is 0. The number of carbonyl (C=O) groups excluding carboxylic acids is 1. The monoisotopic (exact) mass is 318 g/mol. The fourth-order valence-electron chi connectivity index (χ4n) is 1.99. The minimum Gasteiger partial charge on any atom is -0.491 e. The van der Waals surface area contributed by atoms with Gasteiger partial charge in [0.15, 0.2) is 0 Å². The van der Waals surface area contributed by atoms with Crippen molar-refractivity contribution in [1.82, 2.24) is 0 Å². The van der Waals surface area contributed by atoms with Crippen LogP contribution in [0, 0.1) is 6.92 Å². The van der Waals surface area contributed by atoms with E-state index in [-0.39, 0.29) is 5.91 Å². The Morgan fingerprint density at radius 2 is 2.05 bits per heavy atom. The molecule has 4 nitrogen and oxygen atoms in total. The molecule has 1 amide bonds. The number of benzene rings is 2. The number of nitrogen functional groups attached to an aromatic ring is 1. The zero-order valence-corrected chi connectivity index (χ0v) is 13.4. The first-order valence-corrected chi connectivity index (χ1v) is 7.49. The van der Waals surface area contributed by atoms with E-state index in [1.54, 1.807) is 36.4 Å². The lowest BCUT2D eigenvalue weighted by Gasteiger charge is -2.11. The smallest absolute Gasteiger partial charge is 0.255 e. The molecule has 0 radical (unpaired) electrons. The highest BCUT2D eigenvalue weighted by Crippen LogP contribution is 2.24. The molecule has 0 saturated carbocycles. The van der Waals surface area contributed by atoms with Gasteiger partial charge in [0, 0.05) is 16.3 Å². The minimum atomic E-state index is -0.223. The number of ether oxygens (including phenoxy) is 1. The van der Waals surface area contributed by atoms with Crippen molar-refractivity contribution in [2.75, 3.05) is 17.7 Å². The molecule has 116 valence electrons. The van der Waals surface area contributed by atoms with Gasteiger partial charge in [-0.2, -0.15) is 0 Å². The van der Waals surface area contributed by atoms with Gasteiger partial charge < -0.3 is 15.8 Å². The molecule has 2 aromatic carbocycles. The number of nitrogens with one attached hydrogen (secondary N) is 1. The van der Waals surface area contributed by atoms with E-state index in [1.807, 2.05) is 13.8 Å². The summed E-state index contributed by atoms with van der Waals surface area (Å²) in [5.74, 6) is 0.375. The SMILES string of the molecule is CCCOc1ccc(C(=O)Nc2ccc(Cl)cc2C)cc1N. The molecule has 0 aliphatic carbocycles. The molecule has 2 aromatic rings. The van der Waals surface area contributed by atoms with E-state index < -0.39 is 0 Å². The second kappa shape index (κ2) is 7.18. The maximum atomic E-state index is 12.3. The Morgan fingerprint density at radius 3 is 2.68 bits per heavy atom. The van der Waals surface area contributed by atoms with Crippen molar-refractivity contribution in [2.24, 2.45) is 0 Å². The van der Waals surface area contributed by atoms with Crippen LogP contribution in [0.2, 0.25) is 5.02 Å². The molecule has 0 atom stereocenters. The zero-order chi connectivity index (χ0) is 16.1. The van der Waals surface area contributed by atoms with Crippen molar-refractivity contribution in [3.8, 4) is 5.75 Å². The normalized spacial score (nSPS) is 10.3. The fourth-order valence-corrected chi connectivity index (χ4v) is 2.22. The van der Waals surface area contributed by atoms with E-state index in [1.165, 1.54) is 0 Å². The second-order valence-electron chi connectivity index (χ2n) is 5.01. The molecule has 0 spiro atoms. The molecule has 3 N–H and O–H groups in total. The molecule has 5 heteroatoms. The van der Waals surface area contributed by atoms with Crippen molar-refractivity contribution in [1.29, 1.82) is 0 Å². The Labute approximate surface area is 135 Å². The van der Waals surface area contributed by atoms with E-state index >= 15 is 0 Å². The second-order valence-corrected chi connectivity index (χ2v) is 5.45. The molecular formula is C17H19ClN2O2. The maximum absolute atomic E-state index is 12.3. The maximum Gasteiger partial charge on any atom is 0.255 e. The molecule has 0 fully saturated rings. The molecule has 0 saturated heterocycles. The Bertz CT molecular complexity index is 686. The largest absolute Gasteiger partial charge is 0.491 e. The van der Waals surface area contributed by atoms with E-state index in [2.05, 4.69) is 5.32 Å². The molecule has 22 heavy (non-hydrogen) atoms. The van der Waals surface area contributed by atoms with Crippen LogP contribution in [0.3, 0.4) is 0 Å².